The third-order valence-electron chi connectivity index (χ3n) is 8.72. The van der Waals surface area contributed by atoms with Crippen molar-refractivity contribution in [1.29, 1.82) is 0 Å². The molecule has 1 aliphatic carbocycles. The first-order valence-corrected chi connectivity index (χ1v) is 14.8. The van der Waals surface area contributed by atoms with E-state index >= 15 is 0 Å². The van der Waals surface area contributed by atoms with Crippen molar-refractivity contribution in [3.05, 3.63) is 71.9 Å². The molecule has 1 amide bonds. The number of hydrogen-bond acceptors (Lipinski definition) is 7. The third-order valence-corrected chi connectivity index (χ3v) is 8.72. The van der Waals surface area contributed by atoms with Crippen molar-refractivity contribution in [2.75, 3.05) is 50.1 Å². The summed E-state index contributed by atoms with van der Waals surface area (Å²) in [5, 5.41) is 23.2. The number of carboxylic acid groups (broad SMARTS) is 2. The first-order chi connectivity index (χ1) is 22.9. The molecule has 3 aliphatic rings. The summed E-state index contributed by atoms with van der Waals surface area (Å²) in [7, 11) is 4.05. The highest BCUT2D eigenvalue weighted by molar-refractivity contribution is 6.11. The van der Waals surface area contributed by atoms with Crippen molar-refractivity contribution in [2.24, 2.45) is 0 Å². The normalized spacial score (nSPS) is 20.3. The maximum atomic E-state index is 13.2. The van der Waals surface area contributed by atoms with E-state index in [2.05, 4.69) is 63.4 Å². The Hall–Kier alpha value is -5.19. The summed E-state index contributed by atoms with van der Waals surface area (Å²) >= 11 is 0. The largest absolute Gasteiger partial charge is 0.490 e. The van der Waals surface area contributed by atoms with Crippen LogP contribution < -0.4 is 9.80 Å². The molecule has 4 aromatic rings. The molecule has 2 fully saturated rings. The number of benzene rings is 2. The molecule has 2 aromatic heterocycles. The van der Waals surface area contributed by atoms with Gasteiger partial charge in [-0.3, -0.25) is 9.89 Å². The Kier molecular flexibility index (Phi) is 9.33. The second-order valence-corrected chi connectivity index (χ2v) is 11.8. The summed E-state index contributed by atoms with van der Waals surface area (Å²) in [4.78, 5) is 42.3. The molecule has 3 N–H and O–H groups in total. The van der Waals surface area contributed by atoms with Gasteiger partial charge in [0, 0.05) is 62.0 Å². The number of nitrogens with one attached hydrogen (secondary N) is 1. The number of amides is 1. The van der Waals surface area contributed by atoms with Gasteiger partial charge in [0.25, 0.3) is 0 Å². The molecular formula is C32H30F6N6O5. The van der Waals surface area contributed by atoms with Gasteiger partial charge in [0.15, 0.2) is 0 Å². The van der Waals surface area contributed by atoms with Crippen molar-refractivity contribution in [3.63, 3.8) is 0 Å². The summed E-state index contributed by atoms with van der Waals surface area (Å²) in [6, 6.07) is 18.9. The van der Waals surface area contributed by atoms with E-state index in [-0.39, 0.29) is 11.8 Å². The minimum atomic E-state index is -5.08. The standard InChI is InChI=1S/C28H28N6O.2C2HF3O2/c1-32-11-13-34(14-12-32)25-10-8-19(17-29-25)26-20-9-7-18(15-23(20)30-31-26)22-16-28(22)21-5-3-4-6-24(21)33(2)27(28)35;2*3-2(4,5)1(6)7/h3-10,15,17,22H,11-14,16H2,1-2H3,(H,30,31);2*(H,6,7)/t22-,28-;;/m0../s1. The van der Waals surface area contributed by atoms with E-state index in [1.165, 1.54) is 5.56 Å². The summed E-state index contributed by atoms with van der Waals surface area (Å²) in [6.45, 7) is 4.13. The zero-order chi connectivity index (χ0) is 35.9. The highest BCUT2D eigenvalue weighted by Gasteiger charge is 2.66. The van der Waals surface area contributed by atoms with Gasteiger partial charge < -0.3 is 24.9 Å². The van der Waals surface area contributed by atoms with Gasteiger partial charge in [0.05, 0.1) is 10.9 Å². The van der Waals surface area contributed by atoms with Crippen molar-refractivity contribution in [2.45, 2.75) is 30.1 Å². The number of carbonyl (C=O) groups is 3. The average molecular weight is 693 g/mol. The van der Waals surface area contributed by atoms with Crippen molar-refractivity contribution in [1.82, 2.24) is 20.1 Å². The zero-order valence-corrected chi connectivity index (χ0v) is 26.0. The van der Waals surface area contributed by atoms with Crippen LogP contribution in [-0.2, 0) is 19.8 Å². The number of piperazine rings is 1. The minimum Gasteiger partial charge on any atom is -0.475 e. The van der Waals surface area contributed by atoms with Gasteiger partial charge in [-0.25, -0.2) is 14.6 Å². The Morgan fingerprint density at radius 2 is 1.51 bits per heavy atom. The summed E-state index contributed by atoms with van der Waals surface area (Å²) in [6.07, 6.45) is -7.38. The van der Waals surface area contributed by atoms with E-state index in [4.69, 9.17) is 24.8 Å². The van der Waals surface area contributed by atoms with E-state index < -0.39 is 29.7 Å². The maximum Gasteiger partial charge on any atom is 0.490 e. The molecule has 11 nitrogen and oxygen atoms in total. The lowest BCUT2D eigenvalue weighted by atomic mass is 9.91. The number of carboxylic acids is 2. The number of nitrogens with zero attached hydrogens (tertiary/aromatic N) is 5. The number of carbonyl (C=O) groups excluding carboxylic acids is 1. The van der Waals surface area contributed by atoms with E-state index in [0.717, 1.165) is 71.8 Å². The Bertz CT molecular complexity index is 1850. The number of H-pyrrole nitrogens is 1. The predicted molar refractivity (Wildman–Crippen MR) is 165 cm³/mol. The number of hydrogen-bond donors (Lipinski definition) is 3. The Morgan fingerprint density at radius 1 is 0.898 bits per heavy atom. The Balaban J connectivity index is 0.000000284. The van der Waals surface area contributed by atoms with Crippen LogP contribution in [0.3, 0.4) is 0 Å². The smallest absolute Gasteiger partial charge is 0.475 e. The lowest BCUT2D eigenvalue weighted by Gasteiger charge is -2.33. The zero-order valence-electron chi connectivity index (χ0n) is 26.0. The molecule has 1 saturated heterocycles. The average Bonchev–Trinajstić information content (AvgIpc) is 3.61. The van der Waals surface area contributed by atoms with E-state index in [9.17, 15) is 31.1 Å². The monoisotopic (exact) mass is 692 g/mol. The van der Waals surface area contributed by atoms with E-state index in [0.29, 0.717) is 0 Å². The van der Waals surface area contributed by atoms with Crippen molar-refractivity contribution >= 4 is 40.3 Å². The lowest BCUT2D eigenvalue weighted by Crippen LogP contribution is -2.44. The second-order valence-electron chi connectivity index (χ2n) is 11.8. The summed E-state index contributed by atoms with van der Waals surface area (Å²) in [5.74, 6) is -4.09. The fourth-order valence-corrected chi connectivity index (χ4v) is 6.09. The van der Waals surface area contributed by atoms with Crippen LogP contribution in [0.5, 0.6) is 0 Å². The number of aromatic amines is 1. The molecule has 1 saturated carbocycles. The molecule has 17 heteroatoms. The molecule has 0 bridgehead atoms. The molecule has 2 aliphatic heterocycles. The highest BCUT2D eigenvalue weighted by atomic mass is 19.4. The number of pyridine rings is 1. The fourth-order valence-electron chi connectivity index (χ4n) is 6.09. The van der Waals surface area contributed by atoms with Gasteiger partial charge in [0.2, 0.25) is 5.91 Å². The van der Waals surface area contributed by atoms with Crippen LogP contribution in [0.2, 0.25) is 0 Å². The molecule has 1 spiro atoms. The predicted octanol–water partition coefficient (Wildman–Crippen LogP) is 5.05. The molecule has 2 aromatic carbocycles. The molecule has 4 heterocycles. The molecule has 0 unspecified atom stereocenters. The molecule has 7 rings (SSSR count). The van der Waals surface area contributed by atoms with Gasteiger partial charge >= 0.3 is 24.3 Å². The van der Waals surface area contributed by atoms with Crippen molar-refractivity contribution < 1.29 is 50.9 Å². The maximum absolute atomic E-state index is 13.2. The van der Waals surface area contributed by atoms with Crippen LogP contribution >= 0.6 is 0 Å². The summed E-state index contributed by atoms with van der Waals surface area (Å²) in [5.41, 5.74) is 5.89. The highest BCUT2D eigenvalue weighted by Crippen LogP contribution is 2.66. The van der Waals surface area contributed by atoms with Crippen LogP contribution in [-0.4, -0.2) is 101 Å². The van der Waals surface area contributed by atoms with Crippen LogP contribution in [0.15, 0.2) is 60.8 Å². The van der Waals surface area contributed by atoms with Gasteiger partial charge in [0.1, 0.15) is 11.5 Å². The van der Waals surface area contributed by atoms with Crippen LogP contribution in [0.4, 0.5) is 37.8 Å². The number of rotatable bonds is 3. The third kappa shape index (κ3) is 7.02. The van der Waals surface area contributed by atoms with Gasteiger partial charge in [-0.1, -0.05) is 30.3 Å². The van der Waals surface area contributed by atoms with Gasteiger partial charge in [-0.2, -0.15) is 31.4 Å². The minimum absolute atomic E-state index is 0.196. The van der Waals surface area contributed by atoms with Crippen molar-refractivity contribution in [3.8, 4) is 11.3 Å². The van der Waals surface area contributed by atoms with Crippen LogP contribution in [0.1, 0.15) is 23.5 Å². The topological polar surface area (TPSA) is 143 Å². The number of alkyl halides is 6. The summed E-state index contributed by atoms with van der Waals surface area (Å²) < 4.78 is 63.5. The number of likely N-dealkylation sites (N-methyl/N-ethyl adjacent to an activating group) is 2. The Labute approximate surface area is 274 Å². The first kappa shape index (κ1) is 35.1. The van der Waals surface area contributed by atoms with Crippen LogP contribution in [0.25, 0.3) is 22.2 Å². The number of halogens is 6. The second kappa shape index (κ2) is 13.0. The molecule has 2 atom stereocenters. The van der Waals surface area contributed by atoms with E-state index in [1.807, 2.05) is 36.3 Å². The van der Waals surface area contributed by atoms with Gasteiger partial charge in [-0.05, 0) is 48.9 Å². The number of fused-ring (bicyclic) bond motifs is 3. The number of aliphatic carboxylic acids is 2. The number of anilines is 2. The quantitative estimate of drug-likeness (QED) is 0.252. The molecule has 0 radical (unpaired) electrons. The molecule has 49 heavy (non-hydrogen) atoms. The fraction of sp³-hybridized carbons (Fsp3) is 0.344. The lowest BCUT2D eigenvalue weighted by molar-refractivity contribution is -0.193. The van der Waals surface area contributed by atoms with E-state index in [1.54, 1.807) is 0 Å². The SMILES string of the molecule is CN1CCN(c2ccc(-c3n[nH]c4cc([C@@H]5C[C@@]56C(=O)N(C)c5ccccc56)ccc34)cn2)CC1.O=C(O)C(F)(F)F.O=C(O)C(F)(F)F. The van der Waals surface area contributed by atoms with Crippen LogP contribution in [0, 0.1) is 0 Å². The number of aromatic nitrogens is 3. The first-order valence-electron chi connectivity index (χ1n) is 14.8. The molecule has 260 valence electrons. The number of para-hydroxylation sites is 1. The van der Waals surface area contributed by atoms with Gasteiger partial charge in [-0.15, -0.1) is 0 Å². The molecular weight excluding hydrogens is 662 g/mol. The Morgan fingerprint density at radius 3 is 2.08 bits per heavy atom.